The van der Waals surface area contributed by atoms with Crippen LogP contribution in [0.1, 0.15) is 23.7 Å². The molecule has 0 radical (unpaired) electrons. The standard InChI is InChI=1S/C18H15ClN4O4/c1-2-10-27-18-20-16(12-6-4-3-5-7-12)22(21-18)17(24)14-9-8-13(23(25)26)11-15(14)19/h3-9,11H,2,10H2,1H3. The first-order chi connectivity index (χ1) is 13.0. The van der Waals surface area contributed by atoms with Crippen molar-refractivity contribution in [2.45, 2.75) is 13.3 Å². The summed E-state index contributed by atoms with van der Waals surface area (Å²) in [6, 6.07) is 12.7. The second kappa shape index (κ2) is 7.96. The number of rotatable bonds is 6. The molecule has 1 aromatic heterocycles. The lowest BCUT2D eigenvalue weighted by molar-refractivity contribution is -0.384. The van der Waals surface area contributed by atoms with E-state index in [1.54, 1.807) is 12.1 Å². The Kier molecular flexibility index (Phi) is 5.46. The van der Waals surface area contributed by atoms with Crippen molar-refractivity contribution in [2.75, 3.05) is 6.61 Å². The van der Waals surface area contributed by atoms with Gasteiger partial charge in [-0.1, -0.05) is 48.9 Å². The van der Waals surface area contributed by atoms with E-state index in [0.717, 1.165) is 17.2 Å². The van der Waals surface area contributed by atoms with Crippen molar-refractivity contribution in [3.8, 4) is 17.4 Å². The fraction of sp³-hybridized carbons (Fsp3) is 0.167. The summed E-state index contributed by atoms with van der Waals surface area (Å²) in [6.45, 7) is 2.35. The molecular formula is C18H15ClN4O4. The van der Waals surface area contributed by atoms with Gasteiger partial charge in [-0.2, -0.15) is 9.67 Å². The number of benzene rings is 2. The normalized spacial score (nSPS) is 10.6. The number of nitro benzene ring substituents is 1. The Morgan fingerprint density at radius 2 is 2.00 bits per heavy atom. The van der Waals surface area contributed by atoms with Crippen LogP contribution in [-0.4, -0.2) is 32.2 Å². The number of carbonyl (C=O) groups excluding carboxylic acids is 1. The highest BCUT2D eigenvalue weighted by atomic mass is 35.5. The molecule has 0 spiro atoms. The Bertz CT molecular complexity index is 988. The minimum absolute atomic E-state index is 0.0419. The number of hydrogen-bond donors (Lipinski definition) is 0. The summed E-state index contributed by atoms with van der Waals surface area (Å²) in [5.41, 5.74) is 0.541. The van der Waals surface area contributed by atoms with Gasteiger partial charge in [0.2, 0.25) is 0 Å². The van der Waals surface area contributed by atoms with E-state index in [1.165, 1.54) is 12.1 Å². The minimum atomic E-state index is -0.582. The van der Waals surface area contributed by atoms with Gasteiger partial charge in [0.25, 0.3) is 11.6 Å². The predicted molar refractivity (Wildman–Crippen MR) is 99.1 cm³/mol. The third-order valence-electron chi connectivity index (χ3n) is 3.64. The molecule has 0 N–H and O–H groups in total. The fourth-order valence-corrected chi connectivity index (χ4v) is 2.62. The monoisotopic (exact) mass is 386 g/mol. The van der Waals surface area contributed by atoms with E-state index in [1.807, 2.05) is 25.1 Å². The summed E-state index contributed by atoms with van der Waals surface area (Å²) >= 11 is 6.09. The summed E-state index contributed by atoms with van der Waals surface area (Å²) in [6.07, 6.45) is 0.761. The first-order valence-corrected chi connectivity index (χ1v) is 8.53. The van der Waals surface area contributed by atoms with E-state index in [-0.39, 0.29) is 22.3 Å². The average Bonchev–Trinajstić information content (AvgIpc) is 3.10. The lowest BCUT2D eigenvalue weighted by atomic mass is 10.1. The summed E-state index contributed by atoms with van der Waals surface area (Å²) < 4.78 is 6.54. The average molecular weight is 387 g/mol. The number of nitro groups is 1. The summed E-state index contributed by atoms with van der Waals surface area (Å²) in [5, 5.41) is 15.0. The van der Waals surface area contributed by atoms with Crippen LogP contribution in [0, 0.1) is 10.1 Å². The van der Waals surface area contributed by atoms with Crippen LogP contribution in [0.4, 0.5) is 5.69 Å². The zero-order valence-corrected chi connectivity index (χ0v) is 15.1. The molecule has 9 heteroatoms. The zero-order valence-electron chi connectivity index (χ0n) is 14.3. The molecular weight excluding hydrogens is 372 g/mol. The predicted octanol–water partition coefficient (Wildman–Crippen LogP) is 3.98. The molecule has 2 aromatic carbocycles. The smallest absolute Gasteiger partial charge is 0.336 e. The first kappa shape index (κ1) is 18.5. The minimum Gasteiger partial charge on any atom is -0.462 e. The molecule has 8 nitrogen and oxygen atoms in total. The molecule has 0 aliphatic carbocycles. The summed E-state index contributed by atoms with van der Waals surface area (Å²) in [7, 11) is 0. The van der Waals surface area contributed by atoms with Gasteiger partial charge in [-0.05, 0) is 12.5 Å². The third kappa shape index (κ3) is 3.95. The van der Waals surface area contributed by atoms with Crippen LogP contribution >= 0.6 is 11.6 Å². The molecule has 0 fully saturated rings. The fourth-order valence-electron chi connectivity index (χ4n) is 2.37. The Hall–Kier alpha value is -3.26. The summed E-state index contributed by atoms with van der Waals surface area (Å²) in [4.78, 5) is 27.6. The van der Waals surface area contributed by atoms with Crippen LogP contribution in [0.5, 0.6) is 6.01 Å². The van der Waals surface area contributed by atoms with Crippen molar-refractivity contribution in [1.82, 2.24) is 14.8 Å². The number of non-ortho nitro benzene ring substituents is 1. The Morgan fingerprint density at radius 1 is 1.26 bits per heavy atom. The first-order valence-electron chi connectivity index (χ1n) is 8.15. The second-order valence-corrected chi connectivity index (χ2v) is 5.98. The van der Waals surface area contributed by atoms with Gasteiger partial charge in [-0.15, -0.1) is 5.10 Å². The van der Waals surface area contributed by atoms with Crippen LogP contribution in [0.2, 0.25) is 5.02 Å². The molecule has 3 aromatic rings. The number of ether oxygens (including phenoxy) is 1. The SMILES string of the molecule is CCCOc1nc(-c2ccccc2)n(C(=O)c2ccc([N+](=O)[O-])cc2Cl)n1. The Balaban J connectivity index is 2.05. The molecule has 0 saturated heterocycles. The lowest BCUT2D eigenvalue weighted by Crippen LogP contribution is -2.16. The molecule has 138 valence electrons. The van der Waals surface area contributed by atoms with Gasteiger partial charge in [0.05, 0.1) is 22.1 Å². The molecule has 3 rings (SSSR count). The third-order valence-corrected chi connectivity index (χ3v) is 3.95. The van der Waals surface area contributed by atoms with Gasteiger partial charge in [0, 0.05) is 17.7 Å². The maximum atomic E-state index is 13.0. The molecule has 0 unspecified atom stereocenters. The highest BCUT2D eigenvalue weighted by Gasteiger charge is 2.23. The number of nitrogens with zero attached hydrogens (tertiary/aromatic N) is 4. The van der Waals surface area contributed by atoms with Gasteiger partial charge in [-0.25, -0.2) is 0 Å². The quantitative estimate of drug-likeness (QED) is 0.469. The second-order valence-electron chi connectivity index (χ2n) is 5.57. The van der Waals surface area contributed by atoms with Crippen LogP contribution in [0.15, 0.2) is 48.5 Å². The topological polar surface area (TPSA) is 100 Å². The number of halogens is 1. The van der Waals surface area contributed by atoms with Gasteiger partial charge in [0.15, 0.2) is 5.82 Å². The van der Waals surface area contributed by atoms with Crippen LogP contribution in [-0.2, 0) is 0 Å². The number of hydrogen-bond acceptors (Lipinski definition) is 6. The zero-order chi connectivity index (χ0) is 19.4. The van der Waals surface area contributed by atoms with Crippen molar-refractivity contribution < 1.29 is 14.5 Å². The van der Waals surface area contributed by atoms with Crippen molar-refractivity contribution in [3.05, 3.63) is 69.2 Å². The molecule has 0 atom stereocenters. The van der Waals surface area contributed by atoms with Crippen molar-refractivity contribution in [3.63, 3.8) is 0 Å². The molecule has 0 saturated carbocycles. The van der Waals surface area contributed by atoms with Gasteiger partial charge < -0.3 is 4.74 Å². The molecule has 0 aliphatic heterocycles. The maximum Gasteiger partial charge on any atom is 0.336 e. The van der Waals surface area contributed by atoms with E-state index in [9.17, 15) is 14.9 Å². The van der Waals surface area contributed by atoms with E-state index in [0.29, 0.717) is 18.0 Å². The van der Waals surface area contributed by atoms with Crippen LogP contribution in [0.25, 0.3) is 11.4 Å². The molecule has 0 bridgehead atoms. The van der Waals surface area contributed by atoms with Crippen molar-refractivity contribution in [2.24, 2.45) is 0 Å². The number of aromatic nitrogens is 3. The Morgan fingerprint density at radius 3 is 2.63 bits per heavy atom. The van der Waals surface area contributed by atoms with Crippen molar-refractivity contribution >= 4 is 23.2 Å². The van der Waals surface area contributed by atoms with Crippen LogP contribution < -0.4 is 4.74 Å². The Labute approximate surface area is 159 Å². The summed E-state index contributed by atoms with van der Waals surface area (Å²) in [5.74, 6) is -0.270. The molecule has 0 amide bonds. The number of carbonyl (C=O) groups is 1. The molecule has 1 heterocycles. The van der Waals surface area contributed by atoms with Gasteiger partial charge in [0.1, 0.15) is 0 Å². The van der Waals surface area contributed by atoms with Crippen LogP contribution in [0.3, 0.4) is 0 Å². The lowest BCUT2D eigenvalue weighted by Gasteiger charge is -2.06. The van der Waals surface area contributed by atoms with E-state index < -0.39 is 10.8 Å². The molecule has 27 heavy (non-hydrogen) atoms. The maximum absolute atomic E-state index is 13.0. The molecule has 0 aliphatic rings. The van der Waals surface area contributed by atoms with E-state index >= 15 is 0 Å². The highest BCUT2D eigenvalue weighted by molar-refractivity contribution is 6.34. The largest absolute Gasteiger partial charge is 0.462 e. The highest BCUT2D eigenvalue weighted by Crippen LogP contribution is 2.26. The van der Waals surface area contributed by atoms with Crippen molar-refractivity contribution in [1.29, 1.82) is 0 Å². The van der Waals surface area contributed by atoms with E-state index in [4.69, 9.17) is 16.3 Å². The van der Waals surface area contributed by atoms with E-state index in [2.05, 4.69) is 10.1 Å². The van der Waals surface area contributed by atoms with Gasteiger partial charge >= 0.3 is 6.01 Å². The van der Waals surface area contributed by atoms with Gasteiger partial charge in [-0.3, -0.25) is 14.9 Å².